The third-order valence-electron chi connectivity index (χ3n) is 5.59. The Labute approximate surface area is 169 Å². The molecule has 1 atom stereocenters. The van der Waals surface area contributed by atoms with Crippen LogP contribution in [0, 0.1) is 0 Å². The molecule has 144 valence electrons. The van der Waals surface area contributed by atoms with Crippen molar-refractivity contribution in [2.75, 3.05) is 6.54 Å². The monoisotopic (exact) mass is 402 g/mol. The van der Waals surface area contributed by atoms with Gasteiger partial charge in [-0.15, -0.1) is 11.3 Å². The molecule has 0 bridgehead atoms. The predicted octanol–water partition coefficient (Wildman–Crippen LogP) is 4.62. The molecule has 29 heavy (non-hydrogen) atoms. The van der Waals surface area contributed by atoms with E-state index in [1.54, 1.807) is 11.3 Å². The van der Waals surface area contributed by atoms with Gasteiger partial charge < -0.3 is 9.40 Å². The highest BCUT2D eigenvalue weighted by Gasteiger charge is 2.29. The molecule has 6 rings (SSSR count). The molecule has 1 aliphatic heterocycles. The van der Waals surface area contributed by atoms with E-state index in [2.05, 4.69) is 28.1 Å². The van der Waals surface area contributed by atoms with Gasteiger partial charge in [0.2, 0.25) is 5.58 Å². The van der Waals surface area contributed by atoms with E-state index in [1.807, 2.05) is 30.3 Å². The maximum atomic E-state index is 12.6. The maximum Gasteiger partial charge on any atom is 0.294 e. The van der Waals surface area contributed by atoms with E-state index in [4.69, 9.17) is 14.4 Å². The first-order valence-electron chi connectivity index (χ1n) is 9.76. The summed E-state index contributed by atoms with van der Waals surface area (Å²) in [5.74, 6) is 0.669. The van der Waals surface area contributed by atoms with Gasteiger partial charge in [0, 0.05) is 5.39 Å². The van der Waals surface area contributed by atoms with Crippen LogP contribution in [0.2, 0.25) is 0 Å². The largest absolute Gasteiger partial charge is 0.449 e. The van der Waals surface area contributed by atoms with Crippen LogP contribution in [0.1, 0.15) is 29.7 Å². The van der Waals surface area contributed by atoms with Gasteiger partial charge in [-0.25, -0.2) is 9.97 Å². The molecule has 3 aromatic heterocycles. The number of hydrogen-bond acceptors (Lipinski definition) is 6. The number of fused-ring (bicyclic) bond motifs is 4. The average Bonchev–Trinajstić information content (AvgIpc) is 3.44. The third-order valence-corrected chi connectivity index (χ3v) is 6.73. The lowest BCUT2D eigenvalue weighted by molar-refractivity contribution is 0.242. The maximum absolute atomic E-state index is 12.6. The van der Waals surface area contributed by atoms with Crippen molar-refractivity contribution in [1.29, 1.82) is 0 Å². The Morgan fingerprint density at radius 1 is 1.14 bits per heavy atom. The molecule has 7 heteroatoms. The number of hydrogen-bond donors (Lipinski definition) is 1. The van der Waals surface area contributed by atoms with Crippen molar-refractivity contribution in [3.63, 3.8) is 0 Å². The van der Waals surface area contributed by atoms with Gasteiger partial charge in [-0.2, -0.15) is 0 Å². The smallest absolute Gasteiger partial charge is 0.294 e. The summed E-state index contributed by atoms with van der Waals surface area (Å²) in [7, 11) is 0. The number of furan rings is 1. The zero-order valence-electron chi connectivity index (χ0n) is 15.6. The first-order valence-corrected chi connectivity index (χ1v) is 10.6. The quantitative estimate of drug-likeness (QED) is 0.477. The molecule has 0 radical (unpaired) electrons. The van der Waals surface area contributed by atoms with Crippen LogP contribution in [0.3, 0.4) is 0 Å². The zero-order chi connectivity index (χ0) is 19.4. The molecule has 0 aliphatic carbocycles. The number of rotatable bonds is 3. The molecule has 1 fully saturated rings. The van der Waals surface area contributed by atoms with Gasteiger partial charge in [0.1, 0.15) is 21.9 Å². The third kappa shape index (κ3) is 2.77. The number of likely N-dealkylation sites (tertiary alicyclic amines) is 1. The minimum Gasteiger partial charge on any atom is -0.449 e. The number of benzene rings is 2. The van der Waals surface area contributed by atoms with Crippen LogP contribution in [-0.2, 0) is 6.54 Å². The molecule has 0 amide bonds. The van der Waals surface area contributed by atoms with Crippen molar-refractivity contribution >= 4 is 43.6 Å². The summed E-state index contributed by atoms with van der Waals surface area (Å²) in [5.41, 5.74) is 2.44. The van der Waals surface area contributed by atoms with Crippen molar-refractivity contribution in [1.82, 2.24) is 19.9 Å². The second-order valence-electron chi connectivity index (χ2n) is 7.44. The summed E-state index contributed by atoms with van der Waals surface area (Å²) in [6.07, 6.45) is 2.18. The predicted molar refractivity (Wildman–Crippen MR) is 114 cm³/mol. The zero-order valence-corrected chi connectivity index (χ0v) is 16.4. The molecular formula is C22H18N4O2S. The lowest BCUT2D eigenvalue weighted by Crippen LogP contribution is -2.25. The second kappa shape index (κ2) is 6.50. The van der Waals surface area contributed by atoms with Crippen LogP contribution in [0.5, 0.6) is 0 Å². The molecule has 6 nitrogen and oxygen atoms in total. The molecule has 2 aromatic carbocycles. The van der Waals surface area contributed by atoms with E-state index >= 15 is 0 Å². The van der Waals surface area contributed by atoms with Crippen molar-refractivity contribution in [3.8, 4) is 0 Å². The number of nitrogens with one attached hydrogen (secondary N) is 1. The first-order chi connectivity index (χ1) is 14.3. The average molecular weight is 402 g/mol. The van der Waals surface area contributed by atoms with E-state index in [9.17, 15) is 4.79 Å². The SMILES string of the molecule is O=c1[nH]c(CN2CCC[C@@H]2c2nc3ccccc3s2)nc2c1oc1ccccc12. The van der Waals surface area contributed by atoms with E-state index in [0.717, 1.165) is 35.3 Å². The van der Waals surface area contributed by atoms with Crippen LogP contribution in [0.25, 0.3) is 32.3 Å². The summed E-state index contributed by atoms with van der Waals surface area (Å²) in [6, 6.07) is 16.1. The van der Waals surface area contributed by atoms with E-state index in [-0.39, 0.29) is 11.6 Å². The molecule has 0 unspecified atom stereocenters. The van der Waals surface area contributed by atoms with Gasteiger partial charge in [0.05, 0.1) is 22.8 Å². The van der Waals surface area contributed by atoms with Crippen LogP contribution >= 0.6 is 11.3 Å². The molecule has 0 saturated carbocycles. The van der Waals surface area contributed by atoms with Crippen LogP contribution in [0.15, 0.2) is 57.7 Å². The molecule has 1 aliphatic rings. The highest BCUT2D eigenvalue weighted by atomic mass is 32.1. The Morgan fingerprint density at radius 3 is 2.93 bits per heavy atom. The summed E-state index contributed by atoms with van der Waals surface area (Å²) in [4.78, 5) is 27.5. The van der Waals surface area contributed by atoms with Gasteiger partial charge >= 0.3 is 0 Å². The van der Waals surface area contributed by atoms with Crippen molar-refractivity contribution in [2.24, 2.45) is 0 Å². The van der Waals surface area contributed by atoms with Crippen LogP contribution in [0.4, 0.5) is 0 Å². The topological polar surface area (TPSA) is 75.0 Å². The first kappa shape index (κ1) is 16.9. The second-order valence-corrected chi connectivity index (χ2v) is 8.50. The van der Waals surface area contributed by atoms with Crippen molar-refractivity contribution in [3.05, 3.63) is 69.7 Å². The summed E-state index contributed by atoms with van der Waals surface area (Å²) in [6.45, 7) is 1.56. The number of para-hydroxylation sites is 2. The fourth-order valence-electron chi connectivity index (χ4n) is 4.24. The Hall–Kier alpha value is -3.03. The van der Waals surface area contributed by atoms with Crippen molar-refractivity contribution in [2.45, 2.75) is 25.4 Å². The highest BCUT2D eigenvalue weighted by Crippen LogP contribution is 2.37. The summed E-state index contributed by atoms with van der Waals surface area (Å²) in [5, 5.41) is 2.01. The number of aromatic nitrogens is 3. The van der Waals surface area contributed by atoms with Gasteiger partial charge in [-0.1, -0.05) is 24.3 Å². The Morgan fingerprint density at radius 2 is 2.00 bits per heavy atom. The summed E-state index contributed by atoms with van der Waals surface area (Å²) >= 11 is 1.76. The van der Waals surface area contributed by atoms with Crippen LogP contribution in [-0.4, -0.2) is 26.4 Å². The van der Waals surface area contributed by atoms with Gasteiger partial charge in [0.15, 0.2) is 0 Å². The normalized spacial score (nSPS) is 17.7. The number of H-pyrrole nitrogens is 1. The van der Waals surface area contributed by atoms with E-state index in [1.165, 1.54) is 4.70 Å². The Kier molecular flexibility index (Phi) is 3.79. The van der Waals surface area contributed by atoms with Gasteiger partial charge in [-0.3, -0.25) is 9.69 Å². The highest BCUT2D eigenvalue weighted by molar-refractivity contribution is 7.18. The number of thiazole rings is 1. The van der Waals surface area contributed by atoms with Gasteiger partial charge in [-0.05, 0) is 43.7 Å². The molecule has 0 spiro atoms. The number of nitrogens with zero attached hydrogens (tertiary/aromatic N) is 3. The molecular weight excluding hydrogens is 384 g/mol. The van der Waals surface area contributed by atoms with Gasteiger partial charge in [0.25, 0.3) is 5.56 Å². The number of aromatic amines is 1. The van der Waals surface area contributed by atoms with Crippen molar-refractivity contribution < 1.29 is 4.42 Å². The molecule has 5 aromatic rings. The fraction of sp³-hybridized carbons (Fsp3) is 0.227. The Balaban J connectivity index is 1.37. The standard InChI is InChI=1S/C22H18N4O2S/c27-21-20-19(13-6-1-3-9-16(13)28-20)24-18(25-21)12-26-11-5-8-15(26)22-23-14-7-2-4-10-17(14)29-22/h1-4,6-7,9-10,15H,5,8,11-12H2,(H,24,25,27)/t15-/m1/s1. The lowest BCUT2D eigenvalue weighted by atomic mass is 10.2. The molecule has 1 N–H and O–H groups in total. The van der Waals surface area contributed by atoms with E-state index < -0.39 is 0 Å². The molecule has 1 saturated heterocycles. The minimum absolute atomic E-state index is 0.225. The fourth-order valence-corrected chi connectivity index (χ4v) is 5.38. The lowest BCUT2D eigenvalue weighted by Gasteiger charge is -2.21. The van der Waals surface area contributed by atoms with E-state index in [0.29, 0.717) is 29.1 Å². The minimum atomic E-state index is -0.225. The summed E-state index contributed by atoms with van der Waals surface area (Å²) < 4.78 is 6.92. The molecule has 4 heterocycles. The van der Waals surface area contributed by atoms with Crippen LogP contribution < -0.4 is 5.56 Å². The Bertz CT molecular complexity index is 1380.